The van der Waals surface area contributed by atoms with Crippen molar-refractivity contribution >= 4 is 40.4 Å². The quantitative estimate of drug-likeness (QED) is 0.110. The normalized spacial score (nSPS) is 10.9. The van der Waals surface area contributed by atoms with Crippen LogP contribution in [0.3, 0.4) is 0 Å². The molecule has 0 aliphatic heterocycles. The van der Waals surface area contributed by atoms with E-state index in [0.717, 1.165) is 43.7 Å². The lowest BCUT2D eigenvalue weighted by Crippen LogP contribution is -2.17. The first kappa shape index (κ1) is 36.5. The molecule has 1 atom stereocenters. The summed E-state index contributed by atoms with van der Waals surface area (Å²) < 4.78 is 0. The van der Waals surface area contributed by atoms with Crippen molar-refractivity contribution in [2.75, 3.05) is 0 Å². The van der Waals surface area contributed by atoms with Gasteiger partial charge in [-0.05, 0) is 24.0 Å². The van der Waals surface area contributed by atoms with Crippen molar-refractivity contribution < 1.29 is 24.6 Å². The van der Waals surface area contributed by atoms with Crippen molar-refractivity contribution in [3.8, 4) is 22.5 Å². The molecule has 6 rings (SSSR count). The lowest BCUT2D eigenvalue weighted by atomic mass is 9.95. The van der Waals surface area contributed by atoms with Crippen LogP contribution in [0.4, 0.5) is 0 Å². The highest BCUT2D eigenvalue weighted by Crippen LogP contribution is 2.24. The molecule has 2 aromatic heterocycles. The minimum atomic E-state index is -1.38. The molecule has 0 amide bonds. The molecule has 0 fully saturated rings. The van der Waals surface area contributed by atoms with E-state index in [9.17, 15) is 19.5 Å². The van der Waals surface area contributed by atoms with Crippen LogP contribution < -0.4 is 5.73 Å². The van der Waals surface area contributed by atoms with E-state index in [1.165, 1.54) is 0 Å². The van der Waals surface area contributed by atoms with Gasteiger partial charge in [0, 0.05) is 41.3 Å². The number of benzene rings is 4. The van der Waals surface area contributed by atoms with Gasteiger partial charge >= 0.3 is 11.9 Å². The van der Waals surface area contributed by atoms with Crippen LogP contribution in [0.1, 0.15) is 27.6 Å². The Morgan fingerprint density at radius 1 is 0.633 bits per heavy atom. The Hall–Kier alpha value is -5.29. The second kappa shape index (κ2) is 19.5. The number of rotatable bonds is 12. The minimum Gasteiger partial charge on any atom is -0.481 e. The molecule has 6 aromatic rings. The molecule has 1 unspecified atom stereocenters. The largest absolute Gasteiger partial charge is 0.481 e. The zero-order valence-electron chi connectivity index (χ0n) is 26.7. The summed E-state index contributed by atoms with van der Waals surface area (Å²) in [7, 11) is 0. The SMILES string of the molecule is NCc1nc(-c2ccccc2)cs1.O=C(O)C(=O)Cc1ccccc1.O=C(O)C(CCc1nc(-c2ccccc2)cs1)Cc1ccccc1. The van der Waals surface area contributed by atoms with Gasteiger partial charge in [-0.1, -0.05) is 121 Å². The second-order valence-corrected chi connectivity index (χ2v) is 12.7. The summed E-state index contributed by atoms with van der Waals surface area (Å²) in [6, 6.07) is 38.8. The van der Waals surface area contributed by atoms with Crippen LogP contribution in [-0.2, 0) is 40.2 Å². The molecule has 4 N–H and O–H groups in total. The van der Waals surface area contributed by atoms with Gasteiger partial charge in [-0.3, -0.25) is 9.59 Å². The van der Waals surface area contributed by atoms with Gasteiger partial charge in [-0.15, -0.1) is 22.7 Å². The number of carbonyl (C=O) groups is 3. The molecule has 250 valence electrons. The summed E-state index contributed by atoms with van der Waals surface area (Å²) in [4.78, 5) is 41.4. The number of carboxylic acids is 2. The molecule has 0 bridgehead atoms. The zero-order chi connectivity index (χ0) is 34.8. The topological polar surface area (TPSA) is 143 Å². The summed E-state index contributed by atoms with van der Waals surface area (Å²) in [5.41, 5.74) is 11.5. The van der Waals surface area contributed by atoms with Gasteiger partial charge in [0.15, 0.2) is 0 Å². The maximum absolute atomic E-state index is 11.5. The number of hydrogen-bond donors (Lipinski definition) is 3. The van der Waals surface area contributed by atoms with Gasteiger partial charge in [0.2, 0.25) is 5.78 Å². The highest BCUT2D eigenvalue weighted by Gasteiger charge is 2.19. The smallest absolute Gasteiger partial charge is 0.372 e. The number of thiazole rings is 2. The van der Waals surface area contributed by atoms with Crippen LogP contribution in [0, 0.1) is 5.92 Å². The monoisotopic (exact) mass is 691 g/mol. The number of ketones is 1. The van der Waals surface area contributed by atoms with Crippen molar-refractivity contribution in [2.24, 2.45) is 11.7 Å². The third kappa shape index (κ3) is 12.3. The number of nitrogens with zero attached hydrogens (tertiary/aromatic N) is 2. The van der Waals surface area contributed by atoms with E-state index >= 15 is 0 Å². The molecule has 0 saturated carbocycles. The zero-order valence-corrected chi connectivity index (χ0v) is 28.4. The number of aryl methyl sites for hydroxylation is 1. The van der Waals surface area contributed by atoms with Gasteiger partial charge < -0.3 is 15.9 Å². The Morgan fingerprint density at radius 3 is 1.53 bits per heavy atom. The number of carbonyl (C=O) groups excluding carboxylic acids is 1. The average molecular weight is 692 g/mol. The second-order valence-electron chi connectivity index (χ2n) is 10.8. The Balaban J connectivity index is 0.000000182. The fraction of sp³-hybridized carbons (Fsp3) is 0.154. The first-order valence-electron chi connectivity index (χ1n) is 15.6. The van der Waals surface area contributed by atoms with E-state index < -0.39 is 17.7 Å². The Kier molecular flexibility index (Phi) is 14.6. The fourth-order valence-electron chi connectivity index (χ4n) is 4.68. The Morgan fingerprint density at radius 2 is 1.08 bits per heavy atom. The van der Waals surface area contributed by atoms with Crippen LogP contribution in [-0.4, -0.2) is 37.9 Å². The predicted octanol–water partition coefficient (Wildman–Crippen LogP) is 7.84. The summed E-state index contributed by atoms with van der Waals surface area (Å²) in [6.45, 7) is 0.525. The molecular formula is C39H37N3O5S2. The van der Waals surface area contributed by atoms with Gasteiger partial charge in [-0.2, -0.15) is 0 Å². The van der Waals surface area contributed by atoms with E-state index in [1.54, 1.807) is 46.9 Å². The third-order valence-electron chi connectivity index (χ3n) is 7.24. The number of aromatic nitrogens is 2. The van der Waals surface area contributed by atoms with Gasteiger partial charge in [0.05, 0.1) is 22.3 Å². The van der Waals surface area contributed by atoms with Crippen LogP contribution in [0.25, 0.3) is 22.5 Å². The summed E-state index contributed by atoms with van der Waals surface area (Å²) in [5.74, 6) is -3.27. The summed E-state index contributed by atoms with van der Waals surface area (Å²) in [6.07, 6.45) is 1.83. The maximum Gasteiger partial charge on any atom is 0.372 e. The maximum atomic E-state index is 11.5. The van der Waals surface area contributed by atoms with Crippen molar-refractivity contribution in [1.29, 1.82) is 0 Å². The fourth-order valence-corrected chi connectivity index (χ4v) is 6.19. The van der Waals surface area contributed by atoms with Crippen molar-refractivity contribution in [3.05, 3.63) is 153 Å². The molecule has 8 nitrogen and oxygen atoms in total. The first-order chi connectivity index (χ1) is 23.8. The molecule has 0 spiro atoms. The molecule has 0 radical (unpaired) electrons. The molecular weight excluding hydrogens is 655 g/mol. The standard InChI is InChI=1S/C20H19NO2S.C10H10N2S.C9H8O3/c22-20(23)17(13-15-7-3-1-4-8-15)11-12-19-21-18(14-24-19)16-9-5-2-6-10-16;11-6-10-12-9(7-13-10)8-4-2-1-3-5-8;10-8(9(11)12)6-7-4-2-1-3-5-7/h1-10,14,17H,11-13H2,(H,22,23);1-5,7H,6,11H2;1-5H,6H2,(H,11,12). The molecule has 0 aliphatic carbocycles. The van der Waals surface area contributed by atoms with Crippen LogP contribution >= 0.6 is 22.7 Å². The first-order valence-corrected chi connectivity index (χ1v) is 17.3. The predicted molar refractivity (Wildman–Crippen MR) is 195 cm³/mol. The van der Waals surface area contributed by atoms with Gasteiger partial charge in [-0.25, -0.2) is 14.8 Å². The van der Waals surface area contributed by atoms with E-state index in [4.69, 9.17) is 10.8 Å². The van der Waals surface area contributed by atoms with Crippen molar-refractivity contribution in [1.82, 2.24) is 9.97 Å². The number of carboxylic acid groups (broad SMARTS) is 2. The number of aliphatic carboxylic acids is 2. The van der Waals surface area contributed by atoms with Crippen LogP contribution in [0.15, 0.2) is 132 Å². The lowest BCUT2D eigenvalue weighted by molar-refractivity contribution is -0.148. The molecule has 4 aromatic carbocycles. The third-order valence-corrected chi connectivity index (χ3v) is 9.02. The highest BCUT2D eigenvalue weighted by molar-refractivity contribution is 7.10. The molecule has 2 heterocycles. The Labute approximate surface area is 293 Å². The van der Waals surface area contributed by atoms with Crippen LogP contribution in [0.2, 0.25) is 0 Å². The van der Waals surface area contributed by atoms with E-state index in [1.807, 2.05) is 95.7 Å². The molecule has 0 aliphatic rings. The molecule has 10 heteroatoms. The van der Waals surface area contributed by atoms with Crippen molar-refractivity contribution in [2.45, 2.75) is 32.2 Å². The number of hydrogen-bond acceptors (Lipinski definition) is 8. The van der Waals surface area contributed by atoms with E-state index in [-0.39, 0.29) is 12.3 Å². The Bertz CT molecular complexity index is 1880. The van der Waals surface area contributed by atoms with Gasteiger partial charge in [0.25, 0.3) is 0 Å². The number of nitrogens with two attached hydrogens (primary N) is 1. The molecule has 0 saturated heterocycles. The minimum absolute atomic E-state index is 0.0316. The van der Waals surface area contributed by atoms with Crippen LogP contribution in [0.5, 0.6) is 0 Å². The van der Waals surface area contributed by atoms with Gasteiger partial charge in [0.1, 0.15) is 5.01 Å². The highest BCUT2D eigenvalue weighted by atomic mass is 32.1. The lowest BCUT2D eigenvalue weighted by Gasteiger charge is -2.11. The summed E-state index contributed by atoms with van der Waals surface area (Å²) >= 11 is 3.21. The molecule has 49 heavy (non-hydrogen) atoms. The van der Waals surface area contributed by atoms with E-state index in [2.05, 4.69) is 22.1 Å². The number of Topliss-reactive ketones (excluding diaryl/α,β-unsaturated/α-hetero) is 1. The average Bonchev–Trinajstić information content (AvgIpc) is 3.83. The van der Waals surface area contributed by atoms with Crippen molar-refractivity contribution in [3.63, 3.8) is 0 Å². The van der Waals surface area contributed by atoms with E-state index in [0.29, 0.717) is 25.8 Å². The summed E-state index contributed by atoms with van der Waals surface area (Å²) in [5, 5.41) is 23.8.